The van der Waals surface area contributed by atoms with E-state index >= 15 is 0 Å². The molecule has 0 aliphatic heterocycles. The highest BCUT2D eigenvalue weighted by Crippen LogP contribution is 2.34. The molecule has 1 rings (SSSR count). The van der Waals surface area contributed by atoms with Gasteiger partial charge in [0.1, 0.15) is 0 Å². The van der Waals surface area contributed by atoms with Gasteiger partial charge in [0, 0.05) is 0 Å². The lowest BCUT2D eigenvalue weighted by Crippen LogP contribution is -2.15. The van der Waals surface area contributed by atoms with Crippen LogP contribution >= 0.6 is 0 Å². The summed E-state index contributed by atoms with van der Waals surface area (Å²) in [4.78, 5) is 0. The minimum absolute atomic E-state index is 0.0520. The molecule has 0 spiro atoms. The van der Waals surface area contributed by atoms with Crippen molar-refractivity contribution in [3.05, 3.63) is 65.0 Å². The van der Waals surface area contributed by atoms with Crippen molar-refractivity contribution in [2.45, 2.75) is 47.0 Å². The van der Waals surface area contributed by atoms with Crippen LogP contribution in [-0.4, -0.2) is 0 Å². The first-order chi connectivity index (χ1) is 9.14. The lowest BCUT2D eigenvalue weighted by molar-refractivity contribution is 0.588. The van der Waals surface area contributed by atoms with Gasteiger partial charge in [-0.2, -0.15) is 0 Å². The van der Waals surface area contributed by atoms with Crippen LogP contribution < -0.4 is 0 Å². The first kappa shape index (κ1) is 16.4. The van der Waals surface area contributed by atoms with E-state index in [2.05, 4.69) is 52.5 Å². The Morgan fingerprint density at radius 1 is 1.15 bits per heavy atom. The number of aryl methyl sites for hydroxylation is 1. The number of allylic oxidation sites excluding steroid dienone is 5. The van der Waals surface area contributed by atoms with Crippen molar-refractivity contribution in [3.63, 3.8) is 0 Å². The Kier molecular flexibility index (Phi) is 5.10. The van der Waals surface area contributed by atoms with E-state index in [0.717, 1.165) is 11.1 Å². The van der Waals surface area contributed by atoms with Crippen molar-refractivity contribution in [1.82, 2.24) is 0 Å². The second-order valence-electron chi connectivity index (χ2n) is 6.33. The molecule has 1 heteroatoms. The summed E-state index contributed by atoms with van der Waals surface area (Å²) in [6.45, 7) is 16.3. The molecule has 0 aliphatic carbocycles. The number of halogens is 1. The SMILES string of the molecule is C=C(/C(C)=C\C=C(/C)F)c1c(C)cccc1C(C)(C)C. The minimum Gasteiger partial charge on any atom is -0.212 e. The van der Waals surface area contributed by atoms with Gasteiger partial charge in [-0.15, -0.1) is 0 Å². The molecule has 1 aromatic carbocycles. The van der Waals surface area contributed by atoms with E-state index in [-0.39, 0.29) is 11.2 Å². The van der Waals surface area contributed by atoms with Crippen molar-refractivity contribution < 1.29 is 4.39 Å². The quantitative estimate of drug-likeness (QED) is 0.581. The van der Waals surface area contributed by atoms with E-state index in [9.17, 15) is 4.39 Å². The largest absolute Gasteiger partial charge is 0.212 e. The summed E-state index contributed by atoms with van der Waals surface area (Å²) in [5.74, 6) is -0.196. The fourth-order valence-corrected chi connectivity index (χ4v) is 2.23. The number of rotatable bonds is 3. The summed E-state index contributed by atoms with van der Waals surface area (Å²) in [5.41, 5.74) is 5.66. The Balaban J connectivity index is 3.37. The number of hydrogen-bond donors (Lipinski definition) is 0. The molecule has 0 atom stereocenters. The first-order valence-electron chi connectivity index (χ1n) is 6.95. The third kappa shape index (κ3) is 3.93. The van der Waals surface area contributed by atoms with Gasteiger partial charge in [-0.25, -0.2) is 4.39 Å². The van der Waals surface area contributed by atoms with Crippen LogP contribution in [0.25, 0.3) is 5.57 Å². The first-order valence-corrected chi connectivity index (χ1v) is 6.95. The van der Waals surface area contributed by atoms with Crippen LogP contribution in [0.1, 0.15) is 51.3 Å². The van der Waals surface area contributed by atoms with Crippen LogP contribution in [0.15, 0.2) is 48.3 Å². The van der Waals surface area contributed by atoms with Gasteiger partial charge in [-0.1, -0.05) is 51.6 Å². The zero-order chi connectivity index (χ0) is 15.5. The topological polar surface area (TPSA) is 0 Å². The lowest BCUT2D eigenvalue weighted by atomic mass is 9.79. The zero-order valence-electron chi connectivity index (χ0n) is 13.5. The smallest absolute Gasteiger partial charge is 0.0968 e. The summed E-state index contributed by atoms with van der Waals surface area (Å²) in [5, 5.41) is 0. The zero-order valence-corrected chi connectivity index (χ0v) is 13.5. The molecule has 0 saturated heterocycles. The summed E-state index contributed by atoms with van der Waals surface area (Å²) in [6.07, 6.45) is 3.27. The van der Waals surface area contributed by atoms with E-state index in [1.165, 1.54) is 29.7 Å². The van der Waals surface area contributed by atoms with Crippen molar-refractivity contribution >= 4 is 5.57 Å². The molecule has 0 nitrogen and oxygen atoms in total. The van der Waals surface area contributed by atoms with Gasteiger partial charge in [0.2, 0.25) is 0 Å². The van der Waals surface area contributed by atoms with Crippen LogP contribution in [0.2, 0.25) is 0 Å². The van der Waals surface area contributed by atoms with E-state index < -0.39 is 0 Å². The van der Waals surface area contributed by atoms with E-state index in [0.29, 0.717) is 0 Å². The van der Waals surface area contributed by atoms with E-state index in [1.807, 2.05) is 6.92 Å². The second-order valence-corrected chi connectivity index (χ2v) is 6.33. The maximum Gasteiger partial charge on any atom is 0.0968 e. The molecule has 0 unspecified atom stereocenters. The highest BCUT2D eigenvalue weighted by atomic mass is 19.1. The molecule has 0 N–H and O–H groups in total. The molecular formula is C19H25F. The Morgan fingerprint density at radius 3 is 2.25 bits per heavy atom. The monoisotopic (exact) mass is 272 g/mol. The van der Waals surface area contributed by atoms with Gasteiger partial charge in [-0.05, 0) is 60.1 Å². The van der Waals surface area contributed by atoms with Crippen LogP contribution in [0.4, 0.5) is 4.39 Å². The second kappa shape index (κ2) is 6.21. The van der Waals surface area contributed by atoms with Crippen LogP contribution in [0.3, 0.4) is 0 Å². The van der Waals surface area contributed by atoms with Gasteiger partial charge >= 0.3 is 0 Å². The van der Waals surface area contributed by atoms with E-state index in [4.69, 9.17) is 0 Å². The molecule has 0 bridgehead atoms. The molecule has 0 saturated carbocycles. The average Bonchev–Trinajstić information content (AvgIpc) is 2.33. The molecule has 20 heavy (non-hydrogen) atoms. The molecule has 0 fully saturated rings. The minimum atomic E-state index is -0.196. The highest BCUT2D eigenvalue weighted by molar-refractivity contribution is 5.81. The van der Waals surface area contributed by atoms with Crippen LogP contribution in [-0.2, 0) is 5.41 Å². The summed E-state index contributed by atoms with van der Waals surface area (Å²) < 4.78 is 12.9. The molecule has 0 heterocycles. The summed E-state index contributed by atoms with van der Waals surface area (Å²) in [6, 6.07) is 6.33. The average molecular weight is 272 g/mol. The fraction of sp³-hybridized carbons (Fsp3) is 0.368. The Morgan fingerprint density at radius 2 is 1.75 bits per heavy atom. The molecule has 0 aromatic heterocycles. The van der Waals surface area contributed by atoms with Gasteiger partial charge < -0.3 is 0 Å². The fourth-order valence-electron chi connectivity index (χ4n) is 2.23. The Hall–Kier alpha value is -1.63. The van der Waals surface area contributed by atoms with Gasteiger partial charge in [0.25, 0.3) is 0 Å². The number of hydrogen-bond acceptors (Lipinski definition) is 0. The van der Waals surface area contributed by atoms with Crippen LogP contribution in [0, 0.1) is 6.92 Å². The molecule has 0 radical (unpaired) electrons. The highest BCUT2D eigenvalue weighted by Gasteiger charge is 2.20. The van der Waals surface area contributed by atoms with Crippen molar-refractivity contribution in [1.29, 1.82) is 0 Å². The Bertz CT molecular complexity index is 562. The predicted octanol–water partition coefficient (Wildman–Crippen LogP) is 6.13. The third-order valence-electron chi connectivity index (χ3n) is 3.42. The maximum absolute atomic E-state index is 12.9. The van der Waals surface area contributed by atoms with Crippen molar-refractivity contribution in [3.8, 4) is 0 Å². The van der Waals surface area contributed by atoms with Gasteiger partial charge in [-0.3, -0.25) is 0 Å². The van der Waals surface area contributed by atoms with Crippen molar-refractivity contribution in [2.75, 3.05) is 0 Å². The molecule has 108 valence electrons. The molecular weight excluding hydrogens is 247 g/mol. The molecule has 0 aliphatic rings. The van der Waals surface area contributed by atoms with Gasteiger partial charge in [0.15, 0.2) is 0 Å². The maximum atomic E-state index is 12.9. The van der Waals surface area contributed by atoms with Crippen molar-refractivity contribution in [2.24, 2.45) is 0 Å². The summed E-state index contributed by atoms with van der Waals surface area (Å²) >= 11 is 0. The Labute approximate surface area is 122 Å². The lowest BCUT2D eigenvalue weighted by Gasteiger charge is -2.25. The normalized spacial score (nSPS) is 13.6. The standard InChI is InChI=1S/C19H25F/c1-13(11-12-15(3)20)16(4)18-14(2)9-8-10-17(18)19(5,6)7/h8-12H,4H2,1-3,5-7H3/b13-11-,15-12+. The third-order valence-corrected chi connectivity index (χ3v) is 3.42. The van der Waals surface area contributed by atoms with Gasteiger partial charge in [0.05, 0.1) is 5.83 Å². The molecule has 1 aromatic rings. The van der Waals surface area contributed by atoms with Crippen LogP contribution in [0.5, 0.6) is 0 Å². The predicted molar refractivity (Wildman–Crippen MR) is 87.5 cm³/mol. The molecule has 0 amide bonds. The van der Waals surface area contributed by atoms with E-state index in [1.54, 1.807) is 6.08 Å². The summed E-state index contributed by atoms with van der Waals surface area (Å²) in [7, 11) is 0. The number of benzene rings is 1.